The molecule has 8 heteroatoms. The van der Waals surface area contributed by atoms with Crippen LogP contribution in [-0.2, 0) is 10.0 Å². The average Bonchev–Trinajstić information content (AvgIpc) is 3.23. The standard InChI is InChI=1S/C20H27N3O4S/c1-14-11-12-23(13-14)16-7-5-15(6-8-16)21-19(24)17-9-10-18(27-17)28(25,26)22-20(2,3)4/h5-10,14,22H,11-13H2,1-4H3,(H,21,24). The van der Waals surface area contributed by atoms with Crippen molar-refractivity contribution in [2.45, 2.75) is 44.7 Å². The molecule has 0 spiro atoms. The minimum absolute atomic E-state index is 0.0632. The molecule has 2 N–H and O–H groups in total. The second-order valence-electron chi connectivity index (χ2n) is 8.32. The molecule has 1 aliphatic rings. The van der Waals surface area contributed by atoms with E-state index in [9.17, 15) is 13.2 Å². The van der Waals surface area contributed by atoms with E-state index in [2.05, 4.69) is 21.9 Å². The Balaban J connectivity index is 1.66. The third kappa shape index (κ3) is 4.94. The summed E-state index contributed by atoms with van der Waals surface area (Å²) in [6.45, 7) is 9.51. The first-order valence-corrected chi connectivity index (χ1v) is 10.8. The van der Waals surface area contributed by atoms with E-state index >= 15 is 0 Å². The van der Waals surface area contributed by atoms with E-state index < -0.39 is 21.5 Å². The third-order valence-electron chi connectivity index (χ3n) is 4.42. The number of benzene rings is 1. The summed E-state index contributed by atoms with van der Waals surface area (Å²) in [4.78, 5) is 14.7. The van der Waals surface area contributed by atoms with Crippen LogP contribution >= 0.6 is 0 Å². The number of nitrogens with zero attached hydrogens (tertiary/aromatic N) is 1. The molecule has 1 atom stereocenters. The Labute approximate surface area is 166 Å². The van der Waals surface area contributed by atoms with Gasteiger partial charge in [0.2, 0.25) is 5.09 Å². The molecule has 1 unspecified atom stereocenters. The molecule has 152 valence electrons. The molecule has 1 aromatic carbocycles. The molecule has 1 fully saturated rings. The fourth-order valence-corrected chi connectivity index (χ4v) is 4.51. The van der Waals surface area contributed by atoms with Gasteiger partial charge < -0.3 is 14.6 Å². The van der Waals surface area contributed by atoms with Crippen molar-refractivity contribution in [2.75, 3.05) is 23.3 Å². The summed E-state index contributed by atoms with van der Waals surface area (Å²) in [6.07, 6.45) is 1.19. The smallest absolute Gasteiger partial charge is 0.291 e. The molecule has 2 aromatic rings. The fourth-order valence-electron chi connectivity index (χ4n) is 3.16. The Bertz CT molecular complexity index is 943. The van der Waals surface area contributed by atoms with Gasteiger partial charge in [-0.25, -0.2) is 13.1 Å². The van der Waals surface area contributed by atoms with E-state index in [1.54, 1.807) is 20.8 Å². The third-order valence-corrected chi connectivity index (χ3v) is 6.05. The lowest BCUT2D eigenvalue weighted by Gasteiger charge is -2.19. The lowest BCUT2D eigenvalue weighted by atomic mass is 10.1. The minimum Gasteiger partial charge on any atom is -0.438 e. The van der Waals surface area contributed by atoms with Crippen molar-refractivity contribution >= 4 is 27.3 Å². The highest BCUT2D eigenvalue weighted by molar-refractivity contribution is 7.89. The van der Waals surface area contributed by atoms with E-state index in [0.717, 1.165) is 18.8 Å². The lowest BCUT2D eigenvalue weighted by Crippen LogP contribution is -2.40. The maximum Gasteiger partial charge on any atom is 0.291 e. The van der Waals surface area contributed by atoms with Crippen LogP contribution in [-0.4, -0.2) is 33.0 Å². The molecule has 1 saturated heterocycles. The number of furan rings is 1. The number of amides is 1. The van der Waals surface area contributed by atoms with Gasteiger partial charge in [0, 0.05) is 30.0 Å². The van der Waals surface area contributed by atoms with Crippen LogP contribution in [0.15, 0.2) is 45.9 Å². The molecule has 0 radical (unpaired) electrons. The molecule has 7 nitrogen and oxygen atoms in total. The van der Waals surface area contributed by atoms with Gasteiger partial charge in [-0.2, -0.15) is 0 Å². The number of rotatable bonds is 5. The first-order chi connectivity index (χ1) is 13.0. The highest BCUT2D eigenvalue weighted by atomic mass is 32.2. The number of sulfonamides is 1. The van der Waals surface area contributed by atoms with Crippen LogP contribution in [0.4, 0.5) is 11.4 Å². The van der Waals surface area contributed by atoms with Crippen LogP contribution in [0.5, 0.6) is 0 Å². The summed E-state index contributed by atoms with van der Waals surface area (Å²) in [6, 6.07) is 10.2. The topological polar surface area (TPSA) is 91.7 Å². The Morgan fingerprint density at radius 2 is 1.82 bits per heavy atom. The van der Waals surface area contributed by atoms with Gasteiger partial charge >= 0.3 is 0 Å². The Morgan fingerprint density at radius 3 is 2.39 bits per heavy atom. The van der Waals surface area contributed by atoms with Gasteiger partial charge in [0.1, 0.15) is 0 Å². The lowest BCUT2D eigenvalue weighted by molar-refractivity contribution is 0.0991. The van der Waals surface area contributed by atoms with Crippen LogP contribution < -0.4 is 14.9 Å². The van der Waals surface area contributed by atoms with Crippen LogP contribution in [0.2, 0.25) is 0 Å². The normalized spacial score (nSPS) is 17.7. The van der Waals surface area contributed by atoms with Gasteiger partial charge in [0.25, 0.3) is 15.9 Å². The number of hydrogen-bond acceptors (Lipinski definition) is 5. The molecular weight excluding hydrogens is 378 g/mol. The number of hydrogen-bond donors (Lipinski definition) is 2. The molecule has 0 saturated carbocycles. The van der Waals surface area contributed by atoms with Crippen molar-refractivity contribution in [1.82, 2.24) is 4.72 Å². The monoisotopic (exact) mass is 405 g/mol. The van der Waals surface area contributed by atoms with Crippen molar-refractivity contribution in [3.05, 3.63) is 42.2 Å². The first-order valence-electron chi connectivity index (χ1n) is 9.34. The van der Waals surface area contributed by atoms with Crippen molar-refractivity contribution in [3.63, 3.8) is 0 Å². The molecule has 1 aliphatic heterocycles. The number of carbonyl (C=O) groups excluding carboxylic acids is 1. The summed E-state index contributed by atoms with van der Waals surface area (Å²) >= 11 is 0. The molecule has 0 aliphatic carbocycles. The fraction of sp³-hybridized carbons (Fsp3) is 0.450. The zero-order valence-corrected chi connectivity index (χ0v) is 17.5. The van der Waals surface area contributed by atoms with Crippen LogP contribution in [0.25, 0.3) is 0 Å². The molecule has 3 rings (SSSR count). The zero-order chi connectivity index (χ0) is 20.5. The number of anilines is 2. The van der Waals surface area contributed by atoms with Gasteiger partial charge in [-0.05, 0) is 69.5 Å². The van der Waals surface area contributed by atoms with Gasteiger partial charge in [-0.3, -0.25) is 4.79 Å². The summed E-state index contributed by atoms with van der Waals surface area (Å²) in [5, 5.41) is 2.45. The maximum atomic E-state index is 12.4. The Kier molecular flexibility index (Phi) is 5.54. The van der Waals surface area contributed by atoms with Crippen molar-refractivity contribution < 1.29 is 17.6 Å². The highest BCUT2D eigenvalue weighted by Crippen LogP contribution is 2.25. The average molecular weight is 406 g/mol. The van der Waals surface area contributed by atoms with Crippen molar-refractivity contribution in [1.29, 1.82) is 0 Å². The number of carbonyl (C=O) groups is 1. The van der Waals surface area contributed by atoms with Crippen LogP contribution in [0.1, 0.15) is 44.7 Å². The Morgan fingerprint density at radius 1 is 1.14 bits per heavy atom. The van der Waals surface area contributed by atoms with E-state index in [1.807, 2.05) is 24.3 Å². The summed E-state index contributed by atoms with van der Waals surface area (Å²) < 4.78 is 32.3. The molecule has 1 amide bonds. The van der Waals surface area contributed by atoms with E-state index in [4.69, 9.17) is 4.42 Å². The second-order valence-corrected chi connectivity index (χ2v) is 9.93. The van der Waals surface area contributed by atoms with Gasteiger partial charge in [0.05, 0.1) is 0 Å². The van der Waals surface area contributed by atoms with E-state index in [1.165, 1.54) is 18.6 Å². The molecule has 28 heavy (non-hydrogen) atoms. The number of nitrogens with one attached hydrogen (secondary N) is 2. The summed E-state index contributed by atoms with van der Waals surface area (Å²) in [5.74, 6) is 0.128. The SMILES string of the molecule is CC1CCN(c2ccc(NC(=O)c3ccc(S(=O)(=O)NC(C)(C)C)o3)cc2)C1. The summed E-state index contributed by atoms with van der Waals surface area (Å²) in [5.41, 5.74) is 1.10. The van der Waals surface area contributed by atoms with Gasteiger partial charge in [-0.15, -0.1) is 0 Å². The van der Waals surface area contributed by atoms with Gasteiger partial charge in [-0.1, -0.05) is 6.92 Å². The van der Waals surface area contributed by atoms with E-state index in [-0.39, 0.29) is 10.9 Å². The minimum atomic E-state index is -3.83. The molecule has 2 heterocycles. The highest BCUT2D eigenvalue weighted by Gasteiger charge is 2.26. The maximum absolute atomic E-state index is 12.4. The largest absolute Gasteiger partial charge is 0.438 e. The second kappa shape index (κ2) is 7.60. The van der Waals surface area contributed by atoms with Gasteiger partial charge in [0.15, 0.2) is 5.76 Å². The quantitative estimate of drug-likeness (QED) is 0.795. The van der Waals surface area contributed by atoms with E-state index in [0.29, 0.717) is 11.6 Å². The zero-order valence-electron chi connectivity index (χ0n) is 16.7. The predicted octanol–water partition coefficient (Wildman–Crippen LogP) is 3.45. The Hall–Kier alpha value is -2.32. The molecular formula is C20H27N3O4S. The summed E-state index contributed by atoms with van der Waals surface area (Å²) in [7, 11) is -3.83. The molecule has 0 bridgehead atoms. The molecule has 1 aromatic heterocycles. The van der Waals surface area contributed by atoms with Crippen molar-refractivity contribution in [2.24, 2.45) is 5.92 Å². The first kappa shape index (κ1) is 20.4. The van der Waals surface area contributed by atoms with Crippen molar-refractivity contribution in [3.8, 4) is 0 Å². The predicted molar refractivity (Wildman–Crippen MR) is 109 cm³/mol. The van der Waals surface area contributed by atoms with Crippen LogP contribution in [0, 0.1) is 5.92 Å². The van der Waals surface area contributed by atoms with Crippen LogP contribution in [0.3, 0.4) is 0 Å².